The predicted molar refractivity (Wildman–Crippen MR) is 92.6 cm³/mol. The number of carbonyl (C=O) groups is 1. The monoisotopic (exact) mass is 342 g/mol. The van der Waals surface area contributed by atoms with Gasteiger partial charge in [-0.25, -0.2) is 0 Å². The standard InChI is InChI=1S/C19H19ClN2O2/c20-16-5-6-18-15(10-16)12-22(7-8-24-18)19(23)14-9-13-3-1-2-4-17(13)21-11-14/h5-6,9-11H,1-4,7-8,12H2. The van der Waals surface area contributed by atoms with Crippen LogP contribution in [0, 0.1) is 0 Å². The minimum atomic E-state index is 0.00676. The van der Waals surface area contributed by atoms with E-state index in [1.165, 1.54) is 18.4 Å². The molecule has 0 fully saturated rings. The Morgan fingerprint density at radius 1 is 1.17 bits per heavy atom. The van der Waals surface area contributed by atoms with E-state index in [-0.39, 0.29) is 5.91 Å². The maximum Gasteiger partial charge on any atom is 0.255 e. The number of nitrogens with zero attached hydrogens (tertiary/aromatic N) is 2. The van der Waals surface area contributed by atoms with Crippen molar-refractivity contribution in [2.75, 3.05) is 13.2 Å². The molecule has 24 heavy (non-hydrogen) atoms. The molecular weight excluding hydrogens is 324 g/mol. The first-order chi connectivity index (χ1) is 11.7. The topological polar surface area (TPSA) is 42.4 Å². The van der Waals surface area contributed by atoms with Crippen molar-refractivity contribution in [2.45, 2.75) is 32.2 Å². The first-order valence-corrected chi connectivity index (χ1v) is 8.77. The Balaban J connectivity index is 1.60. The van der Waals surface area contributed by atoms with Crippen LogP contribution in [-0.4, -0.2) is 28.9 Å². The van der Waals surface area contributed by atoms with Gasteiger partial charge in [-0.15, -0.1) is 0 Å². The zero-order valence-corrected chi connectivity index (χ0v) is 14.2. The van der Waals surface area contributed by atoms with Gasteiger partial charge in [0, 0.05) is 29.0 Å². The highest BCUT2D eigenvalue weighted by Crippen LogP contribution is 2.27. The molecule has 0 radical (unpaired) electrons. The smallest absolute Gasteiger partial charge is 0.255 e. The Morgan fingerprint density at radius 3 is 2.96 bits per heavy atom. The van der Waals surface area contributed by atoms with E-state index in [0.29, 0.717) is 30.3 Å². The van der Waals surface area contributed by atoms with Crippen LogP contribution in [0.3, 0.4) is 0 Å². The number of aromatic nitrogens is 1. The average Bonchev–Trinajstić information content (AvgIpc) is 2.82. The van der Waals surface area contributed by atoms with Crippen LogP contribution in [0.5, 0.6) is 5.75 Å². The summed E-state index contributed by atoms with van der Waals surface area (Å²) >= 11 is 6.08. The summed E-state index contributed by atoms with van der Waals surface area (Å²) in [5.41, 5.74) is 3.98. The van der Waals surface area contributed by atoms with Gasteiger partial charge < -0.3 is 9.64 Å². The molecule has 124 valence electrons. The van der Waals surface area contributed by atoms with E-state index < -0.39 is 0 Å². The fraction of sp³-hybridized carbons (Fsp3) is 0.368. The second-order valence-electron chi connectivity index (χ2n) is 6.36. The lowest BCUT2D eigenvalue weighted by atomic mass is 9.95. The van der Waals surface area contributed by atoms with Crippen LogP contribution < -0.4 is 4.74 Å². The van der Waals surface area contributed by atoms with E-state index in [1.807, 2.05) is 29.2 Å². The molecule has 0 saturated heterocycles. The van der Waals surface area contributed by atoms with Gasteiger partial charge in [0.05, 0.1) is 12.1 Å². The van der Waals surface area contributed by atoms with E-state index >= 15 is 0 Å². The van der Waals surface area contributed by atoms with E-state index in [0.717, 1.165) is 29.8 Å². The number of amides is 1. The number of hydrogen-bond donors (Lipinski definition) is 0. The minimum absolute atomic E-state index is 0.00676. The first kappa shape index (κ1) is 15.5. The Bertz CT molecular complexity index is 791. The van der Waals surface area contributed by atoms with Gasteiger partial charge in [-0.3, -0.25) is 9.78 Å². The number of benzene rings is 1. The molecule has 0 bridgehead atoms. The van der Waals surface area contributed by atoms with Crippen LogP contribution in [0.15, 0.2) is 30.5 Å². The molecule has 2 aliphatic rings. The molecule has 2 heterocycles. The van der Waals surface area contributed by atoms with Gasteiger partial charge in [-0.2, -0.15) is 0 Å². The number of carbonyl (C=O) groups excluding carboxylic acids is 1. The van der Waals surface area contributed by atoms with Gasteiger partial charge in [0.2, 0.25) is 0 Å². The molecule has 0 N–H and O–H groups in total. The Kier molecular flexibility index (Phi) is 4.15. The van der Waals surface area contributed by atoms with Crippen LogP contribution in [0.1, 0.15) is 40.0 Å². The summed E-state index contributed by atoms with van der Waals surface area (Å²) in [7, 11) is 0. The molecule has 0 unspecified atom stereocenters. The zero-order valence-electron chi connectivity index (χ0n) is 13.4. The Labute approximate surface area is 146 Å². The molecule has 0 spiro atoms. The van der Waals surface area contributed by atoms with Crippen molar-refractivity contribution in [1.29, 1.82) is 0 Å². The lowest BCUT2D eigenvalue weighted by Crippen LogP contribution is -2.32. The highest BCUT2D eigenvalue weighted by atomic mass is 35.5. The molecule has 1 amide bonds. The number of halogens is 1. The fourth-order valence-corrected chi connectivity index (χ4v) is 3.62. The minimum Gasteiger partial charge on any atom is -0.491 e. The highest BCUT2D eigenvalue weighted by Gasteiger charge is 2.23. The molecular formula is C19H19ClN2O2. The van der Waals surface area contributed by atoms with Gasteiger partial charge in [0.15, 0.2) is 0 Å². The number of pyridine rings is 1. The van der Waals surface area contributed by atoms with Gasteiger partial charge in [0.25, 0.3) is 5.91 Å². The third kappa shape index (κ3) is 2.98. The van der Waals surface area contributed by atoms with Gasteiger partial charge in [-0.1, -0.05) is 11.6 Å². The van der Waals surface area contributed by atoms with E-state index in [2.05, 4.69) is 4.98 Å². The lowest BCUT2D eigenvalue weighted by Gasteiger charge is -2.21. The summed E-state index contributed by atoms with van der Waals surface area (Å²) < 4.78 is 5.74. The molecule has 4 nitrogen and oxygen atoms in total. The summed E-state index contributed by atoms with van der Waals surface area (Å²) in [5, 5.41) is 0.655. The quantitative estimate of drug-likeness (QED) is 0.794. The van der Waals surface area contributed by atoms with Crippen molar-refractivity contribution in [1.82, 2.24) is 9.88 Å². The van der Waals surface area contributed by atoms with Crippen molar-refractivity contribution in [3.8, 4) is 5.75 Å². The fourth-order valence-electron chi connectivity index (χ4n) is 3.42. The summed E-state index contributed by atoms with van der Waals surface area (Å²) in [5.74, 6) is 0.811. The number of fused-ring (bicyclic) bond motifs is 2. The van der Waals surface area contributed by atoms with Crippen molar-refractivity contribution < 1.29 is 9.53 Å². The number of hydrogen-bond acceptors (Lipinski definition) is 3. The van der Waals surface area contributed by atoms with Crippen LogP contribution in [0.4, 0.5) is 0 Å². The molecule has 5 heteroatoms. The molecule has 2 aromatic rings. The average molecular weight is 343 g/mol. The normalized spacial score (nSPS) is 16.6. The molecule has 1 aromatic carbocycles. The van der Waals surface area contributed by atoms with E-state index in [1.54, 1.807) is 6.20 Å². The summed E-state index contributed by atoms with van der Waals surface area (Å²) in [4.78, 5) is 19.3. The van der Waals surface area contributed by atoms with Crippen molar-refractivity contribution in [3.05, 3.63) is 57.9 Å². The molecule has 1 aliphatic carbocycles. The maximum atomic E-state index is 12.9. The van der Waals surface area contributed by atoms with E-state index in [9.17, 15) is 4.79 Å². The van der Waals surface area contributed by atoms with Gasteiger partial charge >= 0.3 is 0 Å². The first-order valence-electron chi connectivity index (χ1n) is 8.39. The van der Waals surface area contributed by atoms with Crippen LogP contribution >= 0.6 is 11.6 Å². The van der Waals surface area contributed by atoms with Crippen LogP contribution in [0.2, 0.25) is 5.02 Å². The summed E-state index contributed by atoms with van der Waals surface area (Å²) in [6, 6.07) is 7.57. The zero-order chi connectivity index (χ0) is 16.5. The second-order valence-corrected chi connectivity index (χ2v) is 6.80. The van der Waals surface area contributed by atoms with Gasteiger partial charge in [0.1, 0.15) is 12.4 Å². The van der Waals surface area contributed by atoms with Crippen molar-refractivity contribution >= 4 is 17.5 Å². The maximum absolute atomic E-state index is 12.9. The largest absolute Gasteiger partial charge is 0.491 e. The summed E-state index contributed by atoms with van der Waals surface area (Å²) in [6.07, 6.45) is 6.12. The predicted octanol–water partition coefficient (Wildman–Crippen LogP) is 3.65. The molecule has 0 atom stereocenters. The highest BCUT2D eigenvalue weighted by molar-refractivity contribution is 6.30. The molecule has 0 saturated carbocycles. The number of ether oxygens (including phenoxy) is 1. The number of rotatable bonds is 1. The molecule has 1 aromatic heterocycles. The van der Waals surface area contributed by atoms with E-state index in [4.69, 9.17) is 16.3 Å². The Hall–Kier alpha value is -2.07. The second kappa shape index (κ2) is 6.44. The van der Waals surface area contributed by atoms with Crippen LogP contribution in [0.25, 0.3) is 0 Å². The van der Waals surface area contributed by atoms with Crippen LogP contribution in [-0.2, 0) is 19.4 Å². The molecule has 1 aliphatic heterocycles. The third-order valence-electron chi connectivity index (χ3n) is 4.71. The van der Waals surface area contributed by atoms with Gasteiger partial charge in [-0.05, 0) is 55.5 Å². The lowest BCUT2D eigenvalue weighted by molar-refractivity contribution is 0.0732. The summed E-state index contributed by atoms with van der Waals surface area (Å²) in [6.45, 7) is 1.55. The van der Waals surface area contributed by atoms with Crippen molar-refractivity contribution in [2.24, 2.45) is 0 Å². The van der Waals surface area contributed by atoms with Crippen molar-refractivity contribution in [3.63, 3.8) is 0 Å². The number of aryl methyl sites for hydroxylation is 2. The third-order valence-corrected chi connectivity index (χ3v) is 4.94. The SMILES string of the molecule is O=C(c1cnc2c(c1)CCCC2)N1CCOc2ccc(Cl)cc2C1. The molecule has 4 rings (SSSR count). The Morgan fingerprint density at radius 2 is 2.04 bits per heavy atom.